The van der Waals surface area contributed by atoms with Gasteiger partial charge in [0.2, 0.25) is 5.60 Å². The van der Waals surface area contributed by atoms with Gasteiger partial charge in [0, 0.05) is 48.8 Å². The second-order valence-corrected chi connectivity index (χ2v) is 10.1. The van der Waals surface area contributed by atoms with Crippen molar-refractivity contribution in [1.29, 1.82) is 0 Å². The van der Waals surface area contributed by atoms with Gasteiger partial charge >= 0.3 is 12.1 Å². The Balaban J connectivity index is 1.47. The summed E-state index contributed by atoms with van der Waals surface area (Å²) in [5.41, 5.74) is -1.81. The number of hydrogen-bond donors (Lipinski definition) is 1. The van der Waals surface area contributed by atoms with Crippen LogP contribution in [0.4, 0.5) is 18.9 Å². The summed E-state index contributed by atoms with van der Waals surface area (Å²) in [5, 5.41) is 11.5. The van der Waals surface area contributed by atoms with Gasteiger partial charge in [0.1, 0.15) is 6.10 Å². The molecule has 2 aromatic carbocycles. The molecule has 1 saturated heterocycles. The predicted molar refractivity (Wildman–Crippen MR) is 147 cm³/mol. The van der Waals surface area contributed by atoms with Crippen LogP contribution in [0.2, 0.25) is 0 Å². The highest BCUT2D eigenvalue weighted by molar-refractivity contribution is 5.88. The van der Waals surface area contributed by atoms with Gasteiger partial charge < -0.3 is 23.9 Å². The average molecular weight is 574 g/mol. The first-order chi connectivity index (χ1) is 19.5. The van der Waals surface area contributed by atoms with Crippen molar-refractivity contribution in [3.8, 4) is 11.5 Å². The first-order valence-electron chi connectivity index (χ1n) is 13.5. The number of aryl methyl sites for hydroxylation is 1. The van der Waals surface area contributed by atoms with E-state index in [0.717, 1.165) is 0 Å². The summed E-state index contributed by atoms with van der Waals surface area (Å²) >= 11 is 0. The van der Waals surface area contributed by atoms with Gasteiger partial charge in [-0.15, -0.1) is 0 Å². The molecule has 2 heterocycles. The summed E-state index contributed by atoms with van der Waals surface area (Å²) < 4.78 is 61.8. The SMILES string of the molecule is [C-]#[N+]c1ccc2c(C(O)(CN3CCC(Oc4ccc(CC(=O)OCC)cc4OC)CC3)C(F)(F)F)cn(CC)c2c1. The van der Waals surface area contributed by atoms with E-state index in [4.69, 9.17) is 20.8 Å². The number of likely N-dealkylation sites (tertiary alicyclic amines) is 1. The van der Waals surface area contributed by atoms with Crippen molar-refractivity contribution in [1.82, 2.24) is 9.47 Å². The van der Waals surface area contributed by atoms with Gasteiger partial charge in [0.25, 0.3) is 0 Å². The fourth-order valence-electron chi connectivity index (χ4n) is 5.26. The molecule has 1 aliphatic heterocycles. The van der Waals surface area contributed by atoms with E-state index in [1.165, 1.54) is 25.4 Å². The van der Waals surface area contributed by atoms with Crippen LogP contribution in [0.5, 0.6) is 11.5 Å². The fraction of sp³-hybridized carbons (Fsp3) is 0.467. The summed E-state index contributed by atoms with van der Waals surface area (Å²) in [5.74, 6) is 0.590. The van der Waals surface area contributed by atoms with Crippen LogP contribution in [-0.4, -0.2) is 66.2 Å². The number of aliphatic hydroxyl groups is 1. The maximum Gasteiger partial charge on any atom is 0.422 e. The molecule has 1 aliphatic rings. The highest BCUT2D eigenvalue weighted by Crippen LogP contribution is 2.44. The third-order valence-electron chi connectivity index (χ3n) is 7.41. The normalized spacial score (nSPS) is 16.2. The molecule has 0 bridgehead atoms. The maximum absolute atomic E-state index is 14.5. The Morgan fingerprint density at radius 2 is 1.85 bits per heavy atom. The van der Waals surface area contributed by atoms with Gasteiger partial charge in [0.15, 0.2) is 17.2 Å². The van der Waals surface area contributed by atoms with Crippen LogP contribution < -0.4 is 9.47 Å². The Labute approximate surface area is 237 Å². The zero-order valence-corrected chi connectivity index (χ0v) is 23.3. The Morgan fingerprint density at radius 1 is 1.12 bits per heavy atom. The molecule has 0 radical (unpaired) electrons. The number of benzene rings is 2. The molecule has 41 heavy (non-hydrogen) atoms. The van der Waals surface area contributed by atoms with Gasteiger partial charge in [-0.05, 0) is 50.5 Å². The molecule has 0 aliphatic carbocycles. The van der Waals surface area contributed by atoms with Crippen LogP contribution in [0, 0.1) is 6.57 Å². The Morgan fingerprint density at radius 3 is 2.46 bits per heavy atom. The smallest absolute Gasteiger partial charge is 0.422 e. The molecule has 0 spiro atoms. The van der Waals surface area contributed by atoms with Crippen LogP contribution in [0.3, 0.4) is 0 Å². The number of piperidine rings is 1. The molecule has 3 aromatic rings. The second kappa shape index (κ2) is 12.4. The van der Waals surface area contributed by atoms with Crippen molar-refractivity contribution < 1.29 is 37.3 Å². The first kappa shape index (κ1) is 30.2. The lowest BCUT2D eigenvalue weighted by molar-refractivity contribution is -0.272. The highest BCUT2D eigenvalue weighted by Gasteiger charge is 2.57. The summed E-state index contributed by atoms with van der Waals surface area (Å²) in [4.78, 5) is 16.8. The molecule has 8 nitrogen and oxygen atoms in total. The Hall–Kier alpha value is -3.75. The molecule has 0 saturated carbocycles. The number of methoxy groups -OCH3 is 1. The summed E-state index contributed by atoms with van der Waals surface area (Å²) in [7, 11) is 1.49. The average Bonchev–Trinajstić information content (AvgIpc) is 3.32. The summed E-state index contributed by atoms with van der Waals surface area (Å²) in [6, 6.07) is 9.67. The Bertz CT molecular complexity index is 1420. The predicted octanol–water partition coefficient (Wildman–Crippen LogP) is 5.62. The number of rotatable bonds is 10. The van der Waals surface area contributed by atoms with Crippen LogP contribution in [0.25, 0.3) is 15.7 Å². The molecular formula is C30H34F3N3O5. The first-order valence-corrected chi connectivity index (χ1v) is 13.5. The van der Waals surface area contributed by atoms with Crippen molar-refractivity contribution >= 4 is 22.6 Å². The standard InChI is InChI=1S/C30H34F3N3O5/c1-5-36-18-24(23-9-8-21(34-3)17-25(23)36)29(38,30(31,32)33)19-35-13-11-22(12-14-35)41-26-10-7-20(15-27(26)39-4)16-28(37)40-6-2/h7-10,15,17-18,22,38H,5-6,11-14,16,19H2,1-2,4H3. The minimum Gasteiger partial charge on any atom is -0.493 e. The van der Waals surface area contributed by atoms with Gasteiger partial charge in [-0.25, -0.2) is 4.85 Å². The van der Waals surface area contributed by atoms with E-state index < -0.39 is 18.3 Å². The van der Waals surface area contributed by atoms with Gasteiger partial charge in [0.05, 0.1) is 26.7 Å². The molecule has 4 rings (SSSR count). The molecule has 1 aromatic heterocycles. The van der Waals surface area contributed by atoms with E-state index in [0.29, 0.717) is 67.3 Å². The molecule has 0 amide bonds. The third-order valence-corrected chi connectivity index (χ3v) is 7.41. The van der Waals surface area contributed by atoms with Gasteiger partial charge in [-0.3, -0.25) is 9.69 Å². The summed E-state index contributed by atoms with van der Waals surface area (Å²) in [6.07, 6.45) is -2.84. The lowest BCUT2D eigenvalue weighted by Gasteiger charge is -2.39. The van der Waals surface area contributed by atoms with Gasteiger partial charge in [-0.1, -0.05) is 18.2 Å². The zero-order chi connectivity index (χ0) is 29.8. The quantitative estimate of drug-likeness (QED) is 0.251. The summed E-state index contributed by atoms with van der Waals surface area (Å²) in [6.45, 7) is 11.4. The number of carbonyl (C=O) groups excluding carboxylic acids is 1. The molecule has 220 valence electrons. The van der Waals surface area contributed by atoms with Crippen LogP contribution in [0.1, 0.15) is 37.8 Å². The lowest BCUT2D eigenvalue weighted by atomic mass is 9.91. The van der Waals surface area contributed by atoms with Crippen LogP contribution in [0.15, 0.2) is 42.6 Å². The number of carbonyl (C=O) groups is 1. The van der Waals surface area contributed by atoms with E-state index in [2.05, 4.69) is 4.85 Å². The molecular weight excluding hydrogens is 539 g/mol. The lowest BCUT2D eigenvalue weighted by Crippen LogP contribution is -2.53. The van der Waals surface area contributed by atoms with E-state index >= 15 is 0 Å². The number of alkyl halides is 3. The van der Waals surface area contributed by atoms with E-state index in [9.17, 15) is 23.1 Å². The van der Waals surface area contributed by atoms with Crippen LogP contribution in [-0.2, 0) is 28.1 Å². The number of hydrogen-bond acceptors (Lipinski definition) is 6. The monoisotopic (exact) mass is 573 g/mol. The highest BCUT2D eigenvalue weighted by atomic mass is 19.4. The second-order valence-electron chi connectivity index (χ2n) is 10.1. The van der Waals surface area contributed by atoms with Gasteiger partial charge in [-0.2, -0.15) is 13.2 Å². The number of β-amino-alcohol motifs (C(OH)–C–C–N with tert-alkyl or cyclic N) is 1. The molecule has 1 N–H and O–H groups in total. The van der Waals surface area contributed by atoms with E-state index in [1.807, 2.05) is 0 Å². The number of aromatic nitrogens is 1. The number of ether oxygens (including phenoxy) is 3. The third kappa shape index (κ3) is 6.44. The number of fused-ring (bicyclic) bond motifs is 1. The minimum absolute atomic E-state index is 0.0998. The maximum atomic E-state index is 14.5. The topological polar surface area (TPSA) is 77.5 Å². The van der Waals surface area contributed by atoms with Crippen LogP contribution >= 0.6 is 0 Å². The molecule has 11 heteroatoms. The van der Waals surface area contributed by atoms with Crippen molar-refractivity contribution in [3.63, 3.8) is 0 Å². The minimum atomic E-state index is -4.93. The van der Waals surface area contributed by atoms with Crippen molar-refractivity contribution in [2.24, 2.45) is 0 Å². The number of halogens is 3. The molecule has 1 fully saturated rings. The molecule has 1 unspecified atom stereocenters. The largest absolute Gasteiger partial charge is 0.493 e. The van der Waals surface area contributed by atoms with E-state index in [-0.39, 0.29) is 29.4 Å². The van der Waals surface area contributed by atoms with Crippen molar-refractivity contribution in [2.75, 3.05) is 33.4 Å². The number of esters is 1. The number of nitrogens with zero attached hydrogens (tertiary/aromatic N) is 3. The van der Waals surface area contributed by atoms with Crippen molar-refractivity contribution in [3.05, 3.63) is 65.1 Å². The fourth-order valence-corrected chi connectivity index (χ4v) is 5.26. The van der Waals surface area contributed by atoms with E-state index in [1.54, 1.807) is 47.6 Å². The molecule has 1 atom stereocenters. The van der Waals surface area contributed by atoms with Crippen molar-refractivity contribution in [2.45, 2.75) is 57.5 Å². The Kier molecular flexibility index (Phi) is 9.14. The zero-order valence-electron chi connectivity index (χ0n) is 23.3.